The lowest BCUT2D eigenvalue weighted by Gasteiger charge is -2.14. The van der Waals surface area contributed by atoms with Gasteiger partial charge in [-0.1, -0.05) is 11.6 Å². The highest BCUT2D eigenvalue weighted by molar-refractivity contribution is 6.33. The molecule has 0 aliphatic carbocycles. The van der Waals surface area contributed by atoms with Crippen molar-refractivity contribution in [3.63, 3.8) is 0 Å². The Hall–Kier alpha value is -1.66. The van der Waals surface area contributed by atoms with Gasteiger partial charge < -0.3 is 15.2 Å². The van der Waals surface area contributed by atoms with Crippen molar-refractivity contribution >= 4 is 23.5 Å². The number of carbonyl (C=O) groups excluding carboxylic acids is 1. The number of halogens is 1. The van der Waals surface area contributed by atoms with E-state index in [1.807, 2.05) is 0 Å². The standard InChI is InChI=1S/C13H17ClN2O4/c1-8-6-10(14)9(7-15-8)12(17)16-11(13(18)19)4-3-5-20-2/h6-7,11H,3-5H2,1-2H3,(H,16,17)(H,18,19). The minimum Gasteiger partial charge on any atom is -0.480 e. The van der Waals surface area contributed by atoms with Crippen molar-refractivity contribution in [2.75, 3.05) is 13.7 Å². The van der Waals surface area contributed by atoms with Gasteiger partial charge in [-0.3, -0.25) is 9.78 Å². The maximum atomic E-state index is 12.0. The molecule has 6 nitrogen and oxygen atoms in total. The van der Waals surface area contributed by atoms with Gasteiger partial charge in [0.15, 0.2) is 0 Å². The van der Waals surface area contributed by atoms with Gasteiger partial charge in [0.05, 0.1) is 10.6 Å². The van der Waals surface area contributed by atoms with Crippen LogP contribution in [0.5, 0.6) is 0 Å². The zero-order chi connectivity index (χ0) is 15.1. The Morgan fingerprint density at radius 1 is 1.55 bits per heavy atom. The highest BCUT2D eigenvalue weighted by atomic mass is 35.5. The molecule has 1 atom stereocenters. The van der Waals surface area contributed by atoms with E-state index in [0.717, 1.165) is 0 Å². The first-order valence-corrected chi connectivity index (χ1v) is 6.48. The molecule has 0 fully saturated rings. The Morgan fingerprint density at radius 2 is 2.25 bits per heavy atom. The monoisotopic (exact) mass is 300 g/mol. The quantitative estimate of drug-likeness (QED) is 0.748. The molecule has 2 N–H and O–H groups in total. The van der Waals surface area contributed by atoms with Crippen LogP contribution in [-0.4, -0.2) is 41.7 Å². The highest BCUT2D eigenvalue weighted by Crippen LogP contribution is 2.16. The third-order valence-corrected chi connectivity index (χ3v) is 2.99. The lowest BCUT2D eigenvalue weighted by Crippen LogP contribution is -2.41. The normalized spacial score (nSPS) is 11.9. The van der Waals surface area contributed by atoms with Gasteiger partial charge >= 0.3 is 5.97 Å². The van der Waals surface area contributed by atoms with Gasteiger partial charge in [0, 0.05) is 25.6 Å². The summed E-state index contributed by atoms with van der Waals surface area (Å²) < 4.78 is 4.86. The van der Waals surface area contributed by atoms with Gasteiger partial charge in [-0.15, -0.1) is 0 Å². The van der Waals surface area contributed by atoms with Gasteiger partial charge in [-0.05, 0) is 25.8 Å². The first-order chi connectivity index (χ1) is 9.45. The lowest BCUT2D eigenvalue weighted by atomic mass is 10.1. The molecule has 1 amide bonds. The molecule has 0 aliphatic rings. The maximum Gasteiger partial charge on any atom is 0.326 e. The predicted octanol–water partition coefficient (Wildman–Crippen LogP) is 1.65. The third kappa shape index (κ3) is 4.79. The Morgan fingerprint density at radius 3 is 2.80 bits per heavy atom. The van der Waals surface area contributed by atoms with E-state index in [0.29, 0.717) is 18.7 Å². The number of nitrogens with zero attached hydrogens (tertiary/aromatic N) is 1. The van der Waals surface area contributed by atoms with Gasteiger partial charge in [0.25, 0.3) is 5.91 Å². The molecule has 1 rings (SSSR count). The highest BCUT2D eigenvalue weighted by Gasteiger charge is 2.21. The second kappa shape index (κ2) is 7.81. The average molecular weight is 301 g/mol. The number of pyridine rings is 1. The van der Waals surface area contributed by atoms with Crippen molar-refractivity contribution in [2.24, 2.45) is 0 Å². The van der Waals surface area contributed by atoms with Crippen LogP contribution in [0, 0.1) is 6.92 Å². The number of carboxylic acids is 1. The largest absolute Gasteiger partial charge is 0.480 e. The van der Waals surface area contributed by atoms with Crippen molar-refractivity contribution in [2.45, 2.75) is 25.8 Å². The number of hydrogen-bond acceptors (Lipinski definition) is 4. The molecule has 0 radical (unpaired) electrons. The zero-order valence-corrected chi connectivity index (χ0v) is 12.1. The van der Waals surface area contributed by atoms with Crippen LogP contribution in [0.3, 0.4) is 0 Å². The van der Waals surface area contributed by atoms with Crippen LogP contribution in [0.2, 0.25) is 5.02 Å². The molecule has 1 aromatic rings. The Labute approximate surface area is 122 Å². The molecule has 0 spiro atoms. The van der Waals surface area contributed by atoms with Gasteiger partial charge in [-0.2, -0.15) is 0 Å². The van der Waals surface area contributed by atoms with Crippen LogP contribution >= 0.6 is 11.6 Å². The second-order valence-electron chi connectivity index (χ2n) is 4.30. The summed E-state index contributed by atoms with van der Waals surface area (Å²) in [6, 6.07) is 0.576. The number of carboxylic acid groups (broad SMARTS) is 1. The number of carbonyl (C=O) groups is 2. The number of aromatic nitrogens is 1. The van der Waals surface area contributed by atoms with E-state index in [2.05, 4.69) is 10.3 Å². The van der Waals surface area contributed by atoms with Crippen LogP contribution in [-0.2, 0) is 9.53 Å². The Balaban J connectivity index is 2.72. The maximum absolute atomic E-state index is 12.0. The van der Waals surface area contributed by atoms with E-state index in [9.17, 15) is 9.59 Å². The smallest absolute Gasteiger partial charge is 0.326 e. The van der Waals surface area contributed by atoms with E-state index in [1.54, 1.807) is 13.0 Å². The molecular weight excluding hydrogens is 284 g/mol. The number of hydrogen-bond donors (Lipinski definition) is 2. The van der Waals surface area contributed by atoms with Crippen LogP contribution in [0.4, 0.5) is 0 Å². The number of aliphatic carboxylic acids is 1. The molecule has 110 valence electrons. The first kappa shape index (κ1) is 16.4. The summed E-state index contributed by atoms with van der Waals surface area (Å²) in [5.41, 5.74) is 0.844. The van der Waals surface area contributed by atoms with E-state index in [4.69, 9.17) is 21.4 Å². The number of amides is 1. The Kier molecular flexibility index (Phi) is 6.41. The first-order valence-electron chi connectivity index (χ1n) is 6.10. The lowest BCUT2D eigenvalue weighted by molar-refractivity contribution is -0.139. The van der Waals surface area contributed by atoms with Crippen LogP contribution in [0.15, 0.2) is 12.3 Å². The molecule has 0 aromatic carbocycles. The number of ether oxygens (including phenoxy) is 1. The average Bonchev–Trinajstić information content (AvgIpc) is 2.37. The van der Waals surface area contributed by atoms with Crippen molar-refractivity contribution < 1.29 is 19.4 Å². The molecule has 1 unspecified atom stereocenters. The number of nitrogens with one attached hydrogen (secondary N) is 1. The van der Waals surface area contributed by atoms with Gasteiger partial charge in [0.1, 0.15) is 6.04 Å². The van der Waals surface area contributed by atoms with Crippen molar-refractivity contribution in [3.8, 4) is 0 Å². The van der Waals surface area contributed by atoms with Crippen molar-refractivity contribution in [1.29, 1.82) is 0 Å². The summed E-state index contributed by atoms with van der Waals surface area (Å²) in [7, 11) is 1.53. The van der Waals surface area contributed by atoms with Crippen molar-refractivity contribution in [3.05, 3.63) is 28.5 Å². The summed E-state index contributed by atoms with van der Waals surface area (Å²) in [5.74, 6) is -1.64. The van der Waals surface area contributed by atoms with E-state index >= 15 is 0 Å². The van der Waals surface area contributed by atoms with E-state index in [-0.39, 0.29) is 17.0 Å². The van der Waals surface area contributed by atoms with Crippen molar-refractivity contribution in [1.82, 2.24) is 10.3 Å². The van der Waals surface area contributed by atoms with Gasteiger partial charge in [0.2, 0.25) is 0 Å². The molecule has 0 aliphatic heterocycles. The van der Waals surface area contributed by atoms with Crippen LogP contribution in [0.1, 0.15) is 28.9 Å². The minimum absolute atomic E-state index is 0.162. The number of rotatable bonds is 7. The van der Waals surface area contributed by atoms with Crippen LogP contribution < -0.4 is 5.32 Å². The summed E-state index contributed by atoms with van der Waals surface area (Å²) in [6.07, 6.45) is 2.15. The van der Waals surface area contributed by atoms with E-state index in [1.165, 1.54) is 13.3 Å². The molecule has 0 saturated heterocycles. The number of methoxy groups -OCH3 is 1. The molecule has 0 bridgehead atoms. The van der Waals surface area contributed by atoms with Gasteiger partial charge in [-0.25, -0.2) is 4.79 Å². The SMILES string of the molecule is COCCCC(NC(=O)c1cnc(C)cc1Cl)C(=O)O. The third-order valence-electron chi connectivity index (χ3n) is 2.68. The molecule has 1 aromatic heterocycles. The summed E-state index contributed by atoms with van der Waals surface area (Å²) >= 11 is 5.95. The fourth-order valence-electron chi connectivity index (χ4n) is 1.62. The second-order valence-corrected chi connectivity index (χ2v) is 4.71. The predicted molar refractivity (Wildman–Crippen MR) is 74.0 cm³/mol. The molecule has 20 heavy (non-hydrogen) atoms. The molecule has 0 saturated carbocycles. The topological polar surface area (TPSA) is 88.5 Å². The Bertz CT molecular complexity index is 493. The fourth-order valence-corrected chi connectivity index (χ4v) is 1.91. The molecular formula is C13H17ClN2O4. The molecule has 7 heteroatoms. The number of aryl methyl sites for hydroxylation is 1. The summed E-state index contributed by atoms with van der Waals surface area (Å²) in [5, 5.41) is 11.8. The van der Waals surface area contributed by atoms with E-state index < -0.39 is 17.9 Å². The fraction of sp³-hybridized carbons (Fsp3) is 0.462. The molecule has 1 heterocycles. The summed E-state index contributed by atoms with van der Waals surface area (Å²) in [4.78, 5) is 27.1. The minimum atomic E-state index is -1.09. The summed E-state index contributed by atoms with van der Waals surface area (Å²) in [6.45, 7) is 2.19. The van der Waals surface area contributed by atoms with Crippen LogP contribution in [0.25, 0.3) is 0 Å². The zero-order valence-electron chi connectivity index (χ0n) is 11.4.